The Morgan fingerprint density at radius 1 is 1.11 bits per heavy atom. The van der Waals surface area contributed by atoms with E-state index in [4.69, 9.17) is 5.10 Å². The van der Waals surface area contributed by atoms with Crippen molar-refractivity contribution >= 4 is 21.3 Å². The lowest BCUT2D eigenvalue weighted by Crippen LogP contribution is -2.59. The molecule has 146 valence electrons. The van der Waals surface area contributed by atoms with Gasteiger partial charge in [-0.15, -0.1) is 15.3 Å². The van der Waals surface area contributed by atoms with Crippen LogP contribution in [0.5, 0.6) is 0 Å². The van der Waals surface area contributed by atoms with E-state index in [2.05, 4.69) is 27.0 Å². The average Bonchev–Trinajstić information content (AvgIpc) is 3.35. The molecule has 0 amide bonds. The molecule has 0 bridgehead atoms. The second-order valence-corrected chi connectivity index (χ2v) is 10.7. The number of hydrogen-bond donors (Lipinski definition) is 0. The van der Waals surface area contributed by atoms with Crippen LogP contribution in [0.3, 0.4) is 0 Å². The van der Waals surface area contributed by atoms with E-state index < -0.39 is 9.84 Å². The van der Waals surface area contributed by atoms with Crippen LogP contribution in [0, 0.1) is 5.92 Å². The smallest absolute Gasteiger partial charge is 0.178 e. The Morgan fingerprint density at radius 2 is 1.85 bits per heavy atom. The molecule has 0 spiro atoms. The summed E-state index contributed by atoms with van der Waals surface area (Å²) in [5.74, 6) is 3.71. The molecule has 2 aromatic heterocycles. The summed E-state index contributed by atoms with van der Waals surface area (Å²) in [6.07, 6.45) is 3.98. The first-order valence-corrected chi connectivity index (χ1v) is 11.7. The second kappa shape index (κ2) is 6.41. The van der Waals surface area contributed by atoms with Gasteiger partial charge in [0, 0.05) is 31.6 Å². The van der Waals surface area contributed by atoms with Gasteiger partial charge in [-0.3, -0.25) is 4.90 Å². The largest absolute Gasteiger partial charge is 0.352 e. The maximum atomic E-state index is 11.6. The van der Waals surface area contributed by atoms with Gasteiger partial charge >= 0.3 is 0 Å². The fraction of sp³-hybridized carbons (Fsp3) is 0.722. The van der Waals surface area contributed by atoms with Crippen molar-refractivity contribution in [3.63, 3.8) is 0 Å². The molecule has 9 heteroatoms. The molecular formula is C18H26N6O2S. The zero-order valence-corrected chi connectivity index (χ0v) is 16.5. The Labute approximate surface area is 159 Å². The molecule has 2 aliphatic heterocycles. The first kappa shape index (κ1) is 17.4. The summed E-state index contributed by atoms with van der Waals surface area (Å²) >= 11 is 0. The summed E-state index contributed by atoms with van der Waals surface area (Å²) in [4.78, 5) is 4.69. The third-order valence-electron chi connectivity index (χ3n) is 6.25. The van der Waals surface area contributed by atoms with Gasteiger partial charge in [0.2, 0.25) is 0 Å². The molecule has 2 saturated heterocycles. The first-order valence-electron chi connectivity index (χ1n) is 9.86. The third kappa shape index (κ3) is 3.42. The molecule has 0 radical (unpaired) electrons. The van der Waals surface area contributed by atoms with Crippen LogP contribution in [-0.4, -0.2) is 77.4 Å². The molecule has 27 heavy (non-hydrogen) atoms. The van der Waals surface area contributed by atoms with Gasteiger partial charge in [0.15, 0.2) is 11.5 Å². The predicted molar refractivity (Wildman–Crippen MR) is 103 cm³/mol. The van der Waals surface area contributed by atoms with Crippen LogP contribution in [0.4, 0.5) is 5.82 Å². The van der Waals surface area contributed by atoms with Gasteiger partial charge in [0.25, 0.3) is 0 Å². The zero-order valence-electron chi connectivity index (χ0n) is 15.7. The van der Waals surface area contributed by atoms with Crippen molar-refractivity contribution < 1.29 is 8.42 Å². The molecule has 0 atom stereocenters. The van der Waals surface area contributed by atoms with Crippen LogP contribution in [-0.2, 0) is 9.84 Å². The first-order chi connectivity index (χ1) is 13.0. The maximum absolute atomic E-state index is 11.6. The number of rotatable bonds is 5. The van der Waals surface area contributed by atoms with Crippen molar-refractivity contribution in [1.29, 1.82) is 0 Å². The molecule has 5 rings (SSSR count). The molecule has 2 aromatic rings. The Kier molecular flexibility index (Phi) is 4.12. The predicted octanol–water partition coefficient (Wildman–Crippen LogP) is 0.947. The molecule has 0 aromatic carbocycles. The van der Waals surface area contributed by atoms with E-state index in [1.807, 2.05) is 16.6 Å². The van der Waals surface area contributed by atoms with Gasteiger partial charge in [-0.2, -0.15) is 4.52 Å². The number of sulfone groups is 1. The molecule has 0 N–H and O–H groups in total. The molecular weight excluding hydrogens is 364 g/mol. The van der Waals surface area contributed by atoms with Gasteiger partial charge in [0.1, 0.15) is 15.7 Å². The van der Waals surface area contributed by atoms with Crippen molar-refractivity contribution in [2.75, 3.05) is 43.1 Å². The van der Waals surface area contributed by atoms with E-state index in [-0.39, 0.29) is 0 Å². The summed E-state index contributed by atoms with van der Waals surface area (Å²) < 4.78 is 25.1. The highest BCUT2D eigenvalue weighted by Crippen LogP contribution is 2.38. The molecule has 4 heterocycles. The van der Waals surface area contributed by atoms with E-state index in [0.717, 1.165) is 49.8 Å². The lowest BCUT2D eigenvalue weighted by atomic mass is 10.00. The van der Waals surface area contributed by atoms with Crippen LogP contribution in [0.15, 0.2) is 12.1 Å². The van der Waals surface area contributed by atoms with Crippen molar-refractivity contribution in [3.05, 3.63) is 18.0 Å². The molecule has 1 aliphatic carbocycles. The standard InChI is InChI=1S/C18H26N6O2S/c1-22(10-13-6-8-27(25,26)9-7-13)15-11-23(12-15)17-5-4-16-19-20-18(14-2-3-14)24(16)21-17/h4-5,13-15H,2-3,6-12H2,1H3. The van der Waals surface area contributed by atoms with Crippen LogP contribution in [0.25, 0.3) is 5.65 Å². The van der Waals surface area contributed by atoms with Crippen molar-refractivity contribution in [2.45, 2.75) is 37.6 Å². The number of hydrogen-bond acceptors (Lipinski definition) is 7. The van der Waals surface area contributed by atoms with Crippen molar-refractivity contribution in [3.8, 4) is 0 Å². The Balaban J connectivity index is 1.19. The number of likely N-dealkylation sites (N-methyl/N-ethyl adjacent to an activating group) is 1. The molecule has 8 nitrogen and oxygen atoms in total. The fourth-order valence-electron chi connectivity index (χ4n) is 4.16. The topological polar surface area (TPSA) is 83.7 Å². The van der Waals surface area contributed by atoms with Crippen molar-refractivity contribution in [2.24, 2.45) is 5.92 Å². The van der Waals surface area contributed by atoms with Crippen LogP contribution in [0.1, 0.15) is 37.4 Å². The highest BCUT2D eigenvalue weighted by molar-refractivity contribution is 7.91. The highest BCUT2D eigenvalue weighted by atomic mass is 32.2. The summed E-state index contributed by atoms with van der Waals surface area (Å²) in [6, 6.07) is 4.54. The van der Waals surface area contributed by atoms with Gasteiger partial charge in [-0.05, 0) is 50.8 Å². The third-order valence-corrected chi connectivity index (χ3v) is 7.96. The number of nitrogens with zero attached hydrogens (tertiary/aromatic N) is 6. The van der Waals surface area contributed by atoms with E-state index >= 15 is 0 Å². The SMILES string of the molecule is CN(CC1CCS(=O)(=O)CC1)C1CN(c2ccc3nnc(C4CC4)n3n2)C1. The average molecular weight is 391 g/mol. The lowest BCUT2D eigenvalue weighted by Gasteiger charge is -2.45. The minimum absolute atomic E-state index is 0.356. The van der Waals surface area contributed by atoms with Gasteiger partial charge in [-0.1, -0.05) is 0 Å². The number of aromatic nitrogens is 4. The number of fused-ring (bicyclic) bond motifs is 1. The monoisotopic (exact) mass is 390 g/mol. The summed E-state index contributed by atoms with van der Waals surface area (Å²) in [6.45, 7) is 2.90. The van der Waals surface area contributed by atoms with Crippen LogP contribution < -0.4 is 4.90 Å². The van der Waals surface area contributed by atoms with E-state index in [1.165, 1.54) is 12.8 Å². The molecule has 0 unspecified atom stereocenters. The maximum Gasteiger partial charge on any atom is 0.178 e. The van der Waals surface area contributed by atoms with Gasteiger partial charge < -0.3 is 4.90 Å². The summed E-state index contributed by atoms with van der Waals surface area (Å²) in [5.41, 5.74) is 0.821. The van der Waals surface area contributed by atoms with E-state index in [9.17, 15) is 8.42 Å². The minimum atomic E-state index is -2.77. The summed E-state index contributed by atoms with van der Waals surface area (Å²) in [7, 11) is -0.615. The highest BCUT2D eigenvalue weighted by Gasteiger charge is 2.34. The molecule has 3 fully saturated rings. The molecule has 3 aliphatic rings. The van der Waals surface area contributed by atoms with E-state index in [0.29, 0.717) is 29.4 Å². The normalized spacial score (nSPS) is 23.9. The second-order valence-electron chi connectivity index (χ2n) is 8.39. The Hall–Kier alpha value is -1.74. The molecule has 1 saturated carbocycles. The summed E-state index contributed by atoms with van der Waals surface area (Å²) in [5, 5.41) is 13.3. The van der Waals surface area contributed by atoms with E-state index in [1.54, 1.807) is 0 Å². The lowest BCUT2D eigenvalue weighted by molar-refractivity contribution is 0.171. The van der Waals surface area contributed by atoms with Crippen LogP contribution >= 0.6 is 0 Å². The fourth-order valence-corrected chi connectivity index (χ4v) is 5.75. The van der Waals surface area contributed by atoms with Gasteiger partial charge in [0.05, 0.1) is 11.5 Å². The number of anilines is 1. The Morgan fingerprint density at radius 3 is 2.56 bits per heavy atom. The van der Waals surface area contributed by atoms with Crippen LogP contribution in [0.2, 0.25) is 0 Å². The Bertz CT molecular complexity index is 934. The minimum Gasteiger partial charge on any atom is -0.352 e. The van der Waals surface area contributed by atoms with Gasteiger partial charge in [-0.25, -0.2) is 8.42 Å². The zero-order chi connectivity index (χ0) is 18.6. The quantitative estimate of drug-likeness (QED) is 0.751. The van der Waals surface area contributed by atoms with Crippen molar-refractivity contribution in [1.82, 2.24) is 24.7 Å².